The number of aliphatic hydroxyl groups is 1. The minimum absolute atomic E-state index is 0.155. The number of nitrogens with zero attached hydrogens (tertiary/aromatic N) is 1. The Balaban J connectivity index is 2.59. The number of aliphatic hydroxyl groups excluding tert-OH is 1. The summed E-state index contributed by atoms with van der Waals surface area (Å²) in [6.45, 7) is 4.48. The number of nitriles is 1. The molecule has 110 valence electrons. The normalized spacial score (nSPS) is 12.3. The molecule has 1 aromatic carbocycles. The van der Waals surface area contributed by atoms with Gasteiger partial charge in [0.15, 0.2) is 0 Å². The van der Waals surface area contributed by atoms with E-state index in [0.29, 0.717) is 0 Å². The third-order valence-corrected chi connectivity index (χ3v) is 4.63. The Labute approximate surface area is 127 Å². The average Bonchev–Trinajstić information content (AvgIpc) is 2.46. The fourth-order valence-corrected chi connectivity index (χ4v) is 3.51. The Morgan fingerprint density at radius 3 is 2.55 bits per heavy atom. The lowest BCUT2D eigenvalue weighted by atomic mass is 10.0. The largest absolute Gasteiger partial charge is 0.387 e. The molecule has 0 heterocycles. The van der Waals surface area contributed by atoms with Crippen LogP contribution in [0.5, 0.6) is 0 Å². The van der Waals surface area contributed by atoms with E-state index < -0.39 is 6.10 Å². The molecule has 0 amide bonds. The molecule has 0 saturated heterocycles. The van der Waals surface area contributed by atoms with E-state index in [-0.39, 0.29) is 6.42 Å². The predicted molar refractivity (Wildman–Crippen MR) is 85.7 cm³/mol. The highest BCUT2D eigenvalue weighted by Gasteiger charge is 2.10. The van der Waals surface area contributed by atoms with Gasteiger partial charge in [0.25, 0.3) is 0 Å². The third kappa shape index (κ3) is 5.98. The number of thioether (sulfide) groups is 1. The minimum atomic E-state index is -0.664. The maximum Gasteiger partial charge on any atom is 0.0920 e. The molecule has 1 rings (SSSR count). The van der Waals surface area contributed by atoms with Gasteiger partial charge in [-0.1, -0.05) is 38.8 Å². The van der Waals surface area contributed by atoms with E-state index in [1.54, 1.807) is 0 Å². The van der Waals surface area contributed by atoms with Gasteiger partial charge < -0.3 is 5.11 Å². The molecule has 0 saturated carbocycles. The zero-order chi connectivity index (χ0) is 14.8. The molecule has 1 aromatic rings. The second kappa shape index (κ2) is 9.85. The van der Waals surface area contributed by atoms with Crippen LogP contribution < -0.4 is 0 Å². The lowest BCUT2D eigenvalue weighted by molar-refractivity contribution is 0.183. The van der Waals surface area contributed by atoms with Crippen molar-refractivity contribution in [3.63, 3.8) is 0 Å². The van der Waals surface area contributed by atoms with Crippen LogP contribution in [0.3, 0.4) is 0 Å². The Bertz CT molecular complexity index is 421. The highest BCUT2D eigenvalue weighted by Crippen LogP contribution is 2.28. The zero-order valence-electron chi connectivity index (χ0n) is 12.5. The molecule has 0 radical (unpaired) electrons. The van der Waals surface area contributed by atoms with Crippen molar-refractivity contribution < 1.29 is 5.11 Å². The Hall–Kier alpha value is -0.980. The summed E-state index contributed by atoms with van der Waals surface area (Å²) in [5, 5.41) is 18.5. The second-order valence-electron chi connectivity index (χ2n) is 5.20. The number of benzene rings is 1. The summed E-state index contributed by atoms with van der Waals surface area (Å²) in [4.78, 5) is 1.19. The first-order chi connectivity index (χ1) is 9.71. The van der Waals surface area contributed by atoms with Gasteiger partial charge in [0.1, 0.15) is 0 Å². The Kier molecular flexibility index (Phi) is 8.41. The monoisotopic (exact) mass is 291 g/mol. The first-order valence-corrected chi connectivity index (χ1v) is 8.47. The fraction of sp³-hybridized carbons (Fsp3) is 0.588. The van der Waals surface area contributed by atoms with Gasteiger partial charge in [-0.2, -0.15) is 5.26 Å². The van der Waals surface area contributed by atoms with Crippen LogP contribution in [0.15, 0.2) is 29.2 Å². The molecule has 0 aliphatic rings. The summed E-state index contributed by atoms with van der Waals surface area (Å²) in [5.41, 5.74) is 0.846. The lowest BCUT2D eigenvalue weighted by Crippen LogP contribution is -2.03. The van der Waals surface area contributed by atoms with E-state index in [0.717, 1.165) is 17.2 Å². The van der Waals surface area contributed by atoms with Crippen LogP contribution in [-0.4, -0.2) is 10.9 Å². The number of hydrogen-bond donors (Lipinski definition) is 1. The standard InChI is InChI=1S/C17H25NOS/c1-3-6-14(7-4-2)13-20-16-9-5-8-15(12-16)17(19)10-11-18/h5,8-9,12,14,17,19H,3-4,6-7,10,13H2,1-2H3. The summed E-state index contributed by atoms with van der Waals surface area (Å²) in [5.74, 6) is 1.92. The van der Waals surface area contributed by atoms with E-state index in [1.807, 2.05) is 36.0 Å². The maximum absolute atomic E-state index is 9.86. The predicted octanol–water partition coefficient (Wildman–Crippen LogP) is 4.94. The van der Waals surface area contributed by atoms with Crippen molar-refractivity contribution >= 4 is 11.8 Å². The lowest BCUT2D eigenvalue weighted by Gasteiger charge is -2.15. The van der Waals surface area contributed by atoms with Crippen molar-refractivity contribution in [1.29, 1.82) is 5.26 Å². The Morgan fingerprint density at radius 2 is 1.95 bits per heavy atom. The van der Waals surface area contributed by atoms with E-state index in [2.05, 4.69) is 19.9 Å². The molecule has 2 nitrogen and oxygen atoms in total. The average molecular weight is 291 g/mol. The van der Waals surface area contributed by atoms with Crippen LogP contribution in [0.4, 0.5) is 0 Å². The maximum atomic E-state index is 9.86. The summed E-state index contributed by atoms with van der Waals surface area (Å²) in [6.07, 6.45) is 4.55. The van der Waals surface area contributed by atoms with Crippen LogP contribution in [0, 0.1) is 17.2 Å². The van der Waals surface area contributed by atoms with Crippen molar-refractivity contribution in [1.82, 2.24) is 0 Å². The minimum Gasteiger partial charge on any atom is -0.387 e. The highest BCUT2D eigenvalue weighted by molar-refractivity contribution is 7.99. The number of hydrogen-bond acceptors (Lipinski definition) is 3. The summed E-state index contributed by atoms with van der Waals surface area (Å²) in [6, 6.07) is 9.97. The van der Waals surface area contributed by atoms with E-state index >= 15 is 0 Å². The van der Waals surface area contributed by atoms with Crippen molar-refractivity contribution in [2.75, 3.05) is 5.75 Å². The molecule has 0 aromatic heterocycles. The van der Waals surface area contributed by atoms with Crippen molar-refractivity contribution in [3.8, 4) is 6.07 Å². The van der Waals surface area contributed by atoms with Gasteiger partial charge in [-0.15, -0.1) is 11.8 Å². The quantitative estimate of drug-likeness (QED) is 0.655. The smallest absolute Gasteiger partial charge is 0.0920 e. The molecular weight excluding hydrogens is 266 g/mol. The van der Waals surface area contributed by atoms with Gasteiger partial charge in [0, 0.05) is 10.6 Å². The zero-order valence-corrected chi connectivity index (χ0v) is 13.3. The van der Waals surface area contributed by atoms with Gasteiger partial charge in [-0.05, 0) is 36.5 Å². The summed E-state index contributed by atoms with van der Waals surface area (Å²) < 4.78 is 0. The molecule has 1 unspecified atom stereocenters. The first-order valence-electron chi connectivity index (χ1n) is 7.49. The van der Waals surface area contributed by atoms with Gasteiger partial charge >= 0.3 is 0 Å². The van der Waals surface area contributed by atoms with Crippen molar-refractivity contribution in [3.05, 3.63) is 29.8 Å². The van der Waals surface area contributed by atoms with Crippen LogP contribution in [-0.2, 0) is 0 Å². The molecule has 1 atom stereocenters. The van der Waals surface area contributed by atoms with Crippen molar-refractivity contribution in [2.24, 2.45) is 5.92 Å². The van der Waals surface area contributed by atoms with Crippen LogP contribution >= 0.6 is 11.8 Å². The van der Waals surface area contributed by atoms with Crippen molar-refractivity contribution in [2.45, 2.75) is 57.0 Å². The molecule has 0 fully saturated rings. The molecule has 0 spiro atoms. The molecule has 0 aliphatic heterocycles. The molecule has 3 heteroatoms. The molecule has 0 bridgehead atoms. The summed E-state index contributed by atoms with van der Waals surface area (Å²) in [7, 11) is 0. The highest BCUT2D eigenvalue weighted by atomic mass is 32.2. The molecule has 0 aliphatic carbocycles. The van der Waals surface area contributed by atoms with E-state index in [1.165, 1.54) is 30.6 Å². The Morgan fingerprint density at radius 1 is 1.25 bits per heavy atom. The molecule has 1 N–H and O–H groups in total. The van der Waals surface area contributed by atoms with Gasteiger partial charge in [0.05, 0.1) is 18.6 Å². The second-order valence-corrected chi connectivity index (χ2v) is 6.30. The fourth-order valence-electron chi connectivity index (χ4n) is 2.36. The van der Waals surface area contributed by atoms with Gasteiger partial charge in [-0.25, -0.2) is 0 Å². The van der Waals surface area contributed by atoms with Gasteiger partial charge in [-0.3, -0.25) is 0 Å². The summed E-state index contributed by atoms with van der Waals surface area (Å²) >= 11 is 1.86. The molecule has 20 heavy (non-hydrogen) atoms. The SMILES string of the molecule is CCCC(CCC)CSc1cccc(C(O)CC#N)c1. The third-order valence-electron chi connectivity index (χ3n) is 3.41. The number of rotatable bonds is 9. The topological polar surface area (TPSA) is 44.0 Å². The van der Waals surface area contributed by atoms with E-state index in [9.17, 15) is 5.11 Å². The molecular formula is C17H25NOS. The first kappa shape index (κ1) is 17.1. The van der Waals surface area contributed by atoms with Crippen LogP contribution in [0.25, 0.3) is 0 Å². The van der Waals surface area contributed by atoms with Crippen LogP contribution in [0.1, 0.15) is 57.6 Å². The van der Waals surface area contributed by atoms with Gasteiger partial charge in [0.2, 0.25) is 0 Å². The van der Waals surface area contributed by atoms with Crippen LogP contribution in [0.2, 0.25) is 0 Å². The van der Waals surface area contributed by atoms with E-state index in [4.69, 9.17) is 5.26 Å².